The highest BCUT2D eigenvalue weighted by molar-refractivity contribution is 6.06. The Morgan fingerprint density at radius 3 is 2.42 bits per heavy atom. The van der Waals surface area contributed by atoms with Crippen molar-refractivity contribution in [1.82, 2.24) is 4.98 Å². The minimum absolute atomic E-state index is 0.122. The van der Waals surface area contributed by atoms with E-state index in [4.69, 9.17) is 0 Å². The summed E-state index contributed by atoms with van der Waals surface area (Å²) in [5, 5.41) is 2.51. The lowest BCUT2D eigenvalue weighted by atomic mass is 10.1. The van der Waals surface area contributed by atoms with Crippen molar-refractivity contribution in [2.24, 2.45) is 0 Å². The maximum absolute atomic E-state index is 12.2. The van der Waals surface area contributed by atoms with Gasteiger partial charge in [-0.15, -0.1) is 0 Å². The van der Waals surface area contributed by atoms with Crippen LogP contribution in [0.5, 0.6) is 5.88 Å². The van der Waals surface area contributed by atoms with Crippen LogP contribution in [0.4, 0.5) is 18.9 Å². The number of alkyl halides is 3. The molecule has 0 radical (unpaired) electrons. The third-order valence-electron chi connectivity index (χ3n) is 2.94. The number of pyridine rings is 1. The number of carbonyl (C=O) groups excluding carboxylic acids is 2. The fourth-order valence-electron chi connectivity index (χ4n) is 1.82. The SMILES string of the molecule is CC(=O)c1ccc(NC(=O)c2cccnc2OCC(F)(F)F)cc1. The van der Waals surface area contributed by atoms with Crippen LogP contribution in [-0.2, 0) is 0 Å². The predicted octanol–water partition coefficient (Wildman–Crippen LogP) is 3.48. The van der Waals surface area contributed by atoms with Crippen molar-refractivity contribution >= 4 is 17.4 Å². The van der Waals surface area contributed by atoms with Gasteiger partial charge in [-0.05, 0) is 43.3 Å². The number of ether oxygens (including phenoxy) is 1. The summed E-state index contributed by atoms with van der Waals surface area (Å²) in [6.45, 7) is -0.134. The summed E-state index contributed by atoms with van der Waals surface area (Å²) in [4.78, 5) is 27.0. The Morgan fingerprint density at radius 2 is 1.83 bits per heavy atom. The Bertz CT molecular complexity index is 743. The maximum atomic E-state index is 12.2. The Kier molecular flexibility index (Phi) is 5.18. The van der Waals surface area contributed by atoms with E-state index < -0.39 is 24.6 Å². The van der Waals surface area contributed by atoms with Gasteiger partial charge in [-0.1, -0.05) is 0 Å². The van der Waals surface area contributed by atoms with Crippen molar-refractivity contribution in [3.63, 3.8) is 0 Å². The van der Waals surface area contributed by atoms with Crippen LogP contribution in [0.15, 0.2) is 42.6 Å². The molecule has 0 bridgehead atoms. The van der Waals surface area contributed by atoms with Crippen LogP contribution in [0.1, 0.15) is 27.6 Å². The molecule has 24 heavy (non-hydrogen) atoms. The van der Waals surface area contributed by atoms with Crippen molar-refractivity contribution in [3.8, 4) is 5.88 Å². The van der Waals surface area contributed by atoms with Crippen LogP contribution >= 0.6 is 0 Å². The summed E-state index contributed by atoms with van der Waals surface area (Å²) in [5.74, 6) is -1.20. The molecule has 126 valence electrons. The molecule has 0 atom stereocenters. The molecule has 0 aliphatic carbocycles. The van der Waals surface area contributed by atoms with Crippen LogP contribution < -0.4 is 10.1 Å². The molecule has 1 N–H and O–H groups in total. The number of amides is 1. The molecule has 0 saturated heterocycles. The maximum Gasteiger partial charge on any atom is 0.422 e. The molecule has 0 aliphatic rings. The van der Waals surface area contributed by atoms with Gasteiger partial charge >= 0.3 is 6.18 Å². The number of nitrogens with zero attached hydrogens (tertiary/aromatic N) is 1. The van der Waals surface area contributed by atoms with Crippen LogP contribution in [0.3, 0.4) is 0 Å². The van der Waals surface area contributed by atoms with Gasteiger partial charge in [0.1, 0.15) is 5.56 Å². The molecular weight excluding hydrogens is 325 g/mol. The number of nitrogens with one attached hydrogen (secondary N) is 1. The number of aromatic nitrogens is 1. The fraction of sp³-hybridized carbons (Fsp3) is 0.188. The molecule has 1 amide bonds. The van der Waals surface area contributed by atoms with E-state index in [0.29, 0.717) is 11.3 Å². The van der Waals surface area contributed by atoms with Crippen molar-refractivity contribution in [1.29, 1.82) is 0 Å². The number of benzene rings is 1. The number of Topliss-reactive ketones (excluding diaryl/α,β-unsaturated/α-hetero) is 1. The zero-order chi connectivity index (χ0) is 17.7. The van der Waals surface area contributed by atoms with Gasteiger partial charge in [0.15, 0.2) is 12.4 Å². The average Bonchev–Trinajstić information content (AvgIpc) is 2.53. The monoisotopic (exact) mass is 338 g/mol. The highest BCUT2D eigenvalue weighted by atomic mass is 19.4. The fourth-order valence-corrected chi connectivity index (χ4v) is 1.82. The van der Waals surface area contributed by atoms with E-state index in [-0.39, 0.29) is 11.3 Å². The van der Waals surface area contributed by atoms with Gasteiger partial charge in [-0.25, -0.2) is 4.98 Å². The molecule has 2 rings (SSSR count). The highest BCUT2D eigenvalue weighted by Gasteiger charge is 2.29. The first-order valence-corrected chi connectivity index (χ1v) is 6.83. The van der Waals surface area contributed by atoms with E-state index >= 15 is 0 Å². The van der Waals surface area contributed by atoms with Gasteiger partial charge in [0.05, 0.1) is 0 Å². The second kappa shape index (κ2) is 7.12. The second-order valence-corrected chi connectivity index (χ2v) is 4.85. The second-order valence-electron chi connectivity index (χ2n) is 4.85. The van der Waals surface area contributed by atoms with E-state index in [0.717, 1.165) is 0 Å². The lowest BCUT2D eigenvalue weighted by Crippen LogP contribution is -2.22. The van der Waals surface area contributed by atoms with Crippen molar-refractivity contribution < 1.29 is 27.5 Å². The number of hydrogen-bond donors (Lipinski definition) is 1. The first-order valence-electron chi connectivity index (χ1n) is 6.83. The molecule has 1 aromatic carbocycles. The number of anilines is 1. The largest absolute Gasteiger partial charge is 0.467 e. The third-order valence-corrected chi connectivity index (χ3v) is 2.94. The number of halogens is 3. The molecule has 8 heteroatoms. The molecule has 5 nitrogen and oxygen atoms in total. The van der Waals surface area contributed by atoms with Crippen LogP contribution in [0, 0.1) is 0 Å². The molecule has 2 aromatic rings. The van der Waals surface area contributed by atoms with Gasteiger partial charge in [0, 0.05) is 17.4 Å². The zero-order valence-electron chi connectivity index (χ0n) is 12.6. The zero-order valence-corrected chi connectivity index (χ0v) is 12.6. The number of carbonyl (C=O) groups is 2. The van der Waals surface area contributed by atoms with Gasteiger partial charge < -0.3 is 10.1 Å². The quantitative estimate of drug-likeness (QED) is 0.848. The molecule has 0 aliphatic heterocycles. The first kappa shape index (κ1) is 17.5. The molecule has 0 fully saturated rings. The lowest BCUT2D eigenvalue weighted by molar-refractivity contribution is -0.154. The third kappa shape index (κ3) is 4.80. The summed E-state index contributed by atoms with van der Waals surface area (Å²) in [7, 11) is 0. The van der Waals surface area contributed by atoms with Gasteiger partial charge in [0.2, 0.25) is 5.88 Å². The summed E-state index contributed by atoms with van der Waals surface area (Å²) in [5.41, 5.74) is 0.733. The highest BCUT2D eigenvalue weighted by Crippen LogP contribution is 2.21. The minimum atomic E-state index is -4.53. The van der Waals surface area contributed by atoms with Crippen molar-refractivity contribution in [3.05, 3.63) is 53.7 Å². The van der Waals surface area contributed by atoms with Gasteiger partial charge in [-0.3, -0.25) is 9.59 Å². The van der Waals surface area contributed by atoms with E-state index in [2.05, 4.69) is 15.0 Å². The predicted molar refractivity (Wildman–Crippen MR) is 80.2 cm³/mol. The summed E-state index contributed by atoms with van der Waals surface area (Å²) < 4.78 is 41.3. The molecule has 0 unspecified atom stereocenters. The Hall–Kier alpha value is -2.90. The Balaban J connectivity index is 2.13. The van der Waals surface area contributed by atoms with Crippen LogP contribution in [0.2, 0.25) is 0 Å². The lowest BCUT2D eigenvalue weighted by Gasteiger charge is -2.12. The minimum Gasteiger partial charge on any atom is -0.467 e. The van der Waals surface area contributed by atoms with Crippen molar-refractivity contribution in [2.45, 2.75) is 13.1 Å². The van der Waals surface area contributed by atoms with Crippen LogP contribution in [0.25, 0.3) is 0 Å². The average molecular weight is 338 g/mol. The number of rotatable bonds is 5. The van der Waals surface area contributed by atoms with E-state index in [1.165, 1.54) is 49.5 Å². The normalized spacial score (nSPS) is 11.0. The first-order chi connectivity index (χ1) is 11.3. The Morgan fingerprint density at radius 1 is 1.17 bits per heavy atom. The smallest absolute Gasteiger partial charge is 0.422 e. The molecular formula is C16H13F3N2O3. The summed E-state index contributed by atoms with van der Waals surface area (Å²) >= 11 is 0. The summed E-state index contributed by atoms with van der Waals surface area (Å²) in [6.07, 6.45) is -3.31. The van der Waals surface area contributed by atoms with E-state index in [9.17, 15) is 22.8 Å². The molecule has 1 heterocycles. The van der Waals surface area contributed by atoms with Gasteiger partial charge in [-0.2, -0.15) is 13.2 Å². The van der Waals surface area contributed by atoms with E-state index in [1.54, 1.807) is 0 Å². The number of hydrogen-bond acceptors (Lipinski definition) is 4. The molecule has 0 spiro atoms. The van der Waals surface area contributed by atoms with Gasteiger partial charge in [0.25, 0.3) is 5.91 Å². The van der Waals surface area contributed by atoms with Crippen molar-refractivity contribution in [2.75, 3.05) is 11.9 Å². The standard InChI is InChI=1S/C16H13F3N2O3/c1-10(22)11-4-6-12(7-5-11)21-14(23)13-3-2-8-20-15(13)24-9-16(17,18)19/h2-8H,9H2,1H3,(H,21,23). The molecule has 0 saturated carbocycles. The van der Waals surface area contributed by atoms with E-state index in [1.807, 2.05) is 0 Å². The Labute approximate surface area is 135 Å². The summed E-state index contributed by atoms with van der Waals surface area (Å²) in [6, 6.07) is 8.80. The number of ketones is 1. The van der Waals surface area contributed by atoms with Crippen LogP contribution in [-0.4, -0.2) is 29.5 Å². The molecule has 1 aromatic heterocycles. The topological polar surface area (TPSA) is 68.3 Å².